The average molecular weight is 222 g/mol. The zero-order chi connectivity index (χ0) is 11.4. The molecule has 0 aliphatic carbocycles. The molecule has 1 aliphatic heterocycles. The van der Waals surface area contributed by atoms with Crippen molar-refractivity contribution in [2.75, 3.05) is 38.0 Å². The number of nitrogens with one attached hydrogen (secondary N) is 2. The minimum Gasteiger partial charge on any atom is -0.497 e. The van der Waals surface area contributed by atoms with Crippen molar-refractivity contribution in [1.82, 2.24) is 0 Å². The maximum atomic E-state index is 5.18. The maximum Gasteiger partial charge on any atom is 0.121 e. The van der Waals surface area contributed by atoms with Crippen LogP contribution in [0.15, 0.2) is 18.2 Å². The molecule has 0 radical (unpaired) electrons. The van der Waals surface area contributed by atoms with Crippen molar-refractivity contribution in [1.29, 1.82) is 0 Å². The molecule has 1 aliphatic rings. The van der Waals surface area contributed by atoms with E-state index in [9.17, 15) is 0 Å². The number of hydrogen-bond acceptors (Lipinski definition) is 4. The van der Waals surface area contributed by atoms with Crippen LogP contribution in [0.25, 0.3) is 0 Å². The molecule has 1 heterocycles. The number of anilines is 2. The van der Waals surface area contributed by atoms with E-state index < -0.39 is 0 Å². The Hall–Kier alpha value is -1.42. The van der Waals surface area contributed by atoms with Crippen LogP contribution in [0.2, 0.25) is 0 Å². The lowest BCUT2D eigenvalue weighted by Crippen LogP contribution is -2.33. The second-order valence-corrected chi connectivity index (χ2v) is 3.92. The van der Waals surface area contributed by atoms with Crippen LogP contribution < -0.4 is 15.4 Å². The van der Waals surface area contributed by atoms with E-state index in [1.54, 1.807) is 14.2 Å². The summed E-state index contributed by atoms with van der Waals surface area (Å²) >= 11 is 0. The number of ether oxygens (including phenoxy) is 2. The normalized spacial score (nSPS) is 18.2. The quantitative estimate of drug-likeness (QED) is 0.817. The van der Waals surface area contributed by atoms with E-state index in [0.717, 1.165) is 36.7 Å². The van der Waals surface area contributed by atoms with Crippen LogP contribution in [0.3, 0.4) is 0 Å². The molecule has 0 saturated heterocycles. The Labute approximate surface area is 95.9 Å². The predicted molar refractivity (Wildman–Crippen MR) is 65.4 cm³/mol. The van der Waals surface area contributed by atoms with Crippen LogP contribution in [0.5, 0.6) is 5.75 Å². The Kier molecular flexibility index (Phi) is 3.51. The van der Waals surface area contributed by atoms with Gasteiger partial charge in [0.2, 0.25) is 0 Å². The number of fused-ring (bicyclic) bond motifs is 1. The van der Waals surface area contributed by atoms with Crippen molar-refractivity contribution in [3.63, 3.8) is 0 Å². The van der Waals surface area contributed by atoms with Crippen molar-refractivity contribution in [3.8, 4) is 5.75 Å². The van der Waals surface area contributed by atoms with Crippen molar-refractivity contribution in [3.05, 3.63) is 18.2 Å². The average Bonchev–Trinajstić information content (AvgIpc) is 2.35. The fourth-order valence-corrected chi connectivity index (χ4v) is 1.86. The van der Waals surface area contributed by atoms with Crippen molar-refractivity contribution in [2.24, 2.45) is 0 Å². The van der Waals surface area contributed by atoms with Gasteiger partial charge in [-0.3, -0.25) is 0 Å². The first-order valence-corrected chi connectivity index (χ1v) is 5.51. The van der Waals surface area contributed by atoms with Gasteiger partial charge < -0.3 is 20.1 Å². The summed E-state index contributed by atoms with van der Waals surface area (Å²) in [5, 5.41) is 6.88. The van der Waals surface area contributed by atoms with Crippen LogP contribution in [-0.2, 0) is 4.74 Å². The molecule has 0 fully saturated rings. The van der Waals surface area contributed by atoms with Crippen molar-refractivity contribution >= 4 is 11.4 Å². The molecular weight excluding hydrogens is 204 g/mol. The monoisotopic (exact) mass is 222 g/mol. The molecule has 0 amide bonds. The van der Waals surface area contributed by atoms with E-state index in [2.05, 4.69) is 10.6 Å². The summed E-state index contributed by atoms with van der Waals surface area (Å²) < 4.78 is 10.3. The van der Waals surface area contributed by atoms with Gasteiger partial charge >= 0.3 is 0 Å². The van der Waals surface area contributed by atoms with Gasteiger partial charge in [-0.15, -0.1) is 0 Å². The summed E-state index contributed by atoms with van der Waals surface area (Å²) in [6.07, 6.45) is 1.01. The Morgan fingerprint density at radius 3 is 2.94 bits per heavy atom. The Balaban J connectivity index is 2.04. The molecule has 1 atom stereocenters. The van der Waals surface area contributed by atoms with Crippen molar-refractivity contribution in [2.45, 2.75) is 12.5 Å². The molecule has 0 bridgehead atoms. The fraction of sp³-hybridized carbons (Fsp3) is 0.500. The smallest absolute Gasteiger partial charge is 0.121 e. The van der Waals surface area contributed by atoms with Crippen LogP contribution in [0.1, 0.15) is 6.42 Å². The number of hydrogen-bond donors (Lipinski definition) is 2. The molecule has 1 aromatic carbocycles. The van der Waals surface area contributed by atoms with Gasteiger partial charge in [0.25, 0.3) is 0 Å². The topological polar surface area (TPSA) is 42.5 Å². The summed E-state index contributed by atoms with van der Waals surface area (Å²) in [5.74, 6) is 0.878. The van der Waals surface area contributed by atoms with Gasteiger partial charge in [0.15, 0.2) is 0 Å². The third-order valence-corrected chi connectivity index (χ3v) is 2.80. The standard InChI is InChI=1S/C12H18N2O2/c1-15-6-5-9-8-13-12-7-10(16-2)3-4-11(12)14-9/h3-4,7,9,13-14H,5-6,8H2,1-2H3. The molecule has 0 aromatic heterocycles. The van der Waals surface area contributed by atoms with Gasteiger partial charge in [0.1, 0.15) is 5.75 Å². The Morgan fingerprint density at radius 2 is 2.19 bits per heavy atom. The molecule has 16 heavy (non-hydrogen) atoms. The predicted octanol–water partition coefficient (Wildman–Crippen LogP) is 1.94. The summed E-state index contributed by atoms with van der Waals surface area (Å²) in [6, 6.07) is 6.45. The second-order valence-electron chi connectivity index (χ2n) is 3.92. The largest absolute Gasteiger partial charge is 0.497 e. The van der Waals surface area contributed by atoms with E-state index >= 15 is 0 Å². The second kappa shape index (κ2) is 5.07. The highest BCUT2D eigenvalue weighted by atomic mass is 16.5. The molecule has 1 aromatic rings. The zero-order valence-electron chi connectivity index (χ0n) is 9.75. The summed E-state index contributed by atoms with van der Waals surface area (Å²) in [5.41, 5.74) is 2.24. The van der Waals surface area contributed by atoms with Crippen LogP contribution in [-0.4, -0.2) is 33.4 Å². The Bertz CT molecular complexity index is 355. The van der Waals surface area contributed by atoms with Gasteiger partial charge in [-0.2, -0.15) is 0 Å². The first kappa shape index (κ1) is 11.1. The molecule has 2 rings (SSSR count). The molecule has 2 N–H and O–H groups in total. The molecule has 1 unspecified atom stereocenters. The van der Waals surface area contributed by atoms with E-state index in [-0.39, 0.29) is 0 Å². The third-order valence-electron chi connectivity index (χ3n) is 2.80. The number of rotatable bonds is 4. The van der Waals surface area contributed by atoms with E-state index in [0.29, 0.717) is 6.04 Å². The Morgan fingerprint density at radius 1 is 1.31 bits per heavy atom. The molecule has 4 nitrogen and oxygen atoms in total. The summed E-state index contributed by atoms with van der Waals surface area (Å²) in [4.78, 5) is 0. The van der Waals surface area contributed by atoms with Crippen LogP contribution >= 0.6 is 0 Å². The molecule has 4 heteroatoms. The lowest BCUT2D eigenvalue weighted by Gasteiger charge is -2.28. The van der Waals surface area contributed by atoms with Gasteiger partial charge in [0.05, 0.1) is 18.5 Å². The van der Waals surface area contributed by atoms with Gasteiger partial charge in [0, 0.05) is 32.4 Å². The van der Waals surface area contributed by atoms with Gasteiger partial charge in [-0.25, -0.2) is 0 Å². The van der Waals surface area contributed by atoms with E-state index in [4.69, 9.17) is 9.47 Å². The summed E-state index contributed by atoms with van der Waals surface area (Å²) in [7, 11) is 3.41. The summed E-state index contributed by atoms with van der Waals surface area (Å²) in [6.45, 7) is 1.70. The lowest BCUT2D eigenvalue weighted by atomic mass is 10.1. The molecule has 0 saturated carbocycles. The molecule has 0 spiro atoms. The highest BCUT2D eigenvalue weighted by Crippen LogP contribution is 2.30. The van der Waals surface area contributed by atoms with Crippen LogP contribution in [0, 0.1) is 0 Å². The van der Waals surface area contributed by atoms with Crippen molar-refractivity contribution < 1.29 is 9.47 Å². The highest BCUT2D eigenvalue weighted by Gasteiger charge is 2.16. The highest BCUT2D eigenvalue weighted by molar-refractivity contribution is 5.73. The van der Waals surface area contributed by atoms with E-state index in [1.807, 2.05) is 18.2 Å². The maximum absolute atomic E-state index is 5.18. The minimum absolute atomic E-state index is 0.431. The molecule has 88 valence electrons. The first-order chi connectivity index (χ1) is 7.83. The third kappa shape index (κ3) is 2.39. The first-order valence-electron chi connectivity index (χ1n) is 5.51. The van der Waals surface area contributed by atoms with Crippen LogP contribution in [0.4, 0.5) is 11.4 Å². The zero-order valence-corrected chi connectivity index (χ0v) is 9.75. The van der Waals surface area contributed by atoms with Gasteiger partial charge in [-0.1, -0.05) is 0 Å². The lowest BCUT2D eigenvalue weighted by molar-refractivity contribution is 0.190. The fourth-order valence-electron chi connectivity index (χ4n) is 1.86. The van der Waals surface area contributed by atoms with E-state index in [1.165, 1.54) is 0 Å². The minimum atomic E-state index is 0.431. The number of methoxy groups -OCH3 is 2. The molecular formula is C12H18N2O2. The SMILES string of the molecule is COCCC1CNc2cc(OC)ccc2N1. The number of benzene rings is 1. The van der Waals surface area contributed by atoms with Gasteiger partial charge in [-0.05, 0) is 18.6 Å².